The summed E-state index contributed by atoms with van der Waals surface area (Å²) in [6.07, 6.45) is 1.81. The van der Waals surface area contributed by atoms with Crippen molar-refractivity contribution >= 4 is 11.8 Å². The number of carbonyl (C=O) groups excluding carboxylic acids is 2. The first-order chi connectivity index (χ1) is 10.8. The summed E-state index contributed by atoms with van der Waals surface area (Å²) in [5, 5.41) is 12.1. The average Bonchev–Trinajstić information content (AvgIpc) is 2.52. The highest BCUT2D eigenvalue weighted by molar-refractivity contribution is 5.87. The summed E-state index contributed by atoms with van der Waals surface area (Å²) in [6.45, 7) is 6.97. The summed E-state index contributed by atoms with van der Waals surface area (Å²) in [6, 6.07) is 7.30. The summed E-state index contributed by atoms with van der Waals surface area (Å²) < 4.78 is 0. The van der Waals surface area contributed by atoms with E-state index in [1.165, 1.54) is 5.56 Å². The molecule has 1 aromatic rings. The van der Waals surface area contributed by atoms with Crippen LogP contribution in [0.15, 0.2) is 24.3 Å². The van der Waals surface area contributed by atoms with Crippen molar-refractivity contribution in [1.82, 2.24) is 10.2 Å². The van der Waals surface area contributed by atoms with E-state index >= 15 is 0 Å². The number of benzene rings is 1. The Morgan fingerprint density at radius 1 is 1.17 bits per heavy atom. The fourth-order valence-electron chi connectivity index (χ4n) is 2.74. The summed E-state index contributed by atoms with van der Waals surface area (Å²) in [4.78, 5) is 25.8. The zero-order chi connectivity index (χ0) is 17.0. The minimum Gasteiger partial charge on any atom is -0.508 e. The van der Waals surface area contributed by atoms with Crippen molar-refractivity contribution in [2.24, 2.45) is 5.41 Å². The van der Waals surface area contributed by atoms with Crippen LogP contribution < -0.4 is 5.32 Å². The number of aromatic hydroxyl groups is 1. The zero-order valence-corrected chi connectivity index (χ0v) is 14.1. The largest absolute Gasteiger partial charge is 0.508 e. The van der Waals surface area contributed by atoms with Gasteiger partial charge in [0, 0.05) is 18.5 Å². The van der Waals surface area contributed by atoms with Crippen LogP contribution in [0.3, 0.4) is 0 Å². The van der Waals surface area contributed by atoms with E-state index in [0.717, 1.165) is 12.8 Å². The first-order valence-electron chi connectivity index (χ1n) is 8.12. The Labute approximate surface area is 137 Å². The van der Waals surface area contributed by atoms with Gasteiger partial charge in [-0.25, -0.2) is 0 Å². The van der Waals surface area contributed by atoms with Gasteiger partial charge in [0.05, 0.1) is 6.54 Å². The Kier molecular flexibility index (Phi) is 5.29. The van der Waals surface area contributed by atoms with E-state index in [1.807, 2.05) is 37.8 Å². The molecule has 2 amide bonds. The molecule has 0 spiro atoms. The average molecular weight is 318 g/mol. The normalized spacial score (nSPS) is 16.2. The number of phenols is 1. The van der Waals surface area contributed by atoms with Gasteiger partial charge in [0.25, 0.3) is 0 Å². The monoisotopic (exact) mass is 318 g/mol. The summed E-state index contributed by atoms with van der Waals surface area (Å²) in [5.74, 6) is 0.566. The number of phenolic OH excluding ortho intramolecular Hbond substituents is 1. The Morgan fingerprint density at radius 3 is 2.26 bits per heavy atom. The molecular weight excluding hydrogens is 292 g/mol. The minimum absolute atomic E-state index is 0.0215. The van der Waals surface area contributed by atoms with Gasteiger partial charge in [-0.2, -0.15) is 0 Å². The van der Waals surface area contributed by atoms with Gasteiger partial charge in [-0.05, 0) is 36.5 Å². The molecule has 1 aliphatic heterocycles. The third-order valence-corrected chi connectivity index (χ3v) is 4.29. The van der Waals surface area contributed by atoms with Crippen LogP contribution in [0.5, 0.6) is 5.75 Å². The number of piperidine rings is 1. The molecule has 0 radical (unpaired) electrons. The molecule has 1 fully saturated rings. The van der Waals surface area contributed by atoms with E-state index in [2.05, 4.69) is 5.32 Å². The maximum absolute atomic E-state index is 12.2. The Balaban J connectivity index is 1.81. The van der Waals surface area contributed by atoms with Crippen LogP contribution in [-0.4, -0.2) is 41.5 Å². The van der Waals surface area contributed by atoms with Crippen molar-refractivity contribution in [2.45, 2.75) is 39.5 Å². The Morgan fingerprint density at radius 2 is 1.74 bits per heavy atom. The van der Waals surface area contributed by atoms with Crippen LogP contribution >= 0.6 is 0 Å². The molecule has 0 atom stereocenters. The van der Waals surface area contributed by atoms with Gasteiger partial charge in [-0.3, -0.25) is 9.59 Å². The molecular formula is C18H26N2O3. The molecule has 0 unspecified atom stereocenters. The maximum atomic E-state index is 12.2. The molecule has 0 bridgehead atoms. The lowest BCUT2D eigenvalue weighted by Gasteiger charge is -2.32. The molecule has 1 aromatic carbocycles. The van der Waals surface area contributed by atoms with Gasteiger partial charge in [-0.15, -0.1) is 0 Å². The molecule has 2 rings (SSSR count). The van der Waals surface area contributed by atoms with Crippen LogP contribution in [0.4, 0.5) is 0 Å². The number of nitrogens with one attached hydrogen (secondary N) is 1. The number of nitrogens with zero attached hydrogens (tertiary/aromatic N) is 1. The number of hydrogen-bond acceptors (Lipinski definition) is 3. The maximum Gasteiger partial charge on any atom is 0.241 e. The summed E-state index contributed by atoms with van der Waals surface area (Å²) >= 11 is 0. The van der Waals surface area contributed by atoms with Crippen LogP contribution in [0.2, 0.25) is 0 Å². The highest BCUT2D eigenvalue weighted by atomic mass is 16.3. The molecule has 126 valence electrons. The number of carbonyl (C=O) groups is 2. The predicted octanol–water partition coefficient (Wildman–Crippen LogP) is 2.26. The van der Waals surface area contributed by atoms with Crippen LogP contribution in [0.1, 0.15) is 45.1 Å². The second-order valence-corrected chi connectivity index (χ2v) is 7.18. The summed E-state index contributed by atoms with van der Waals surface area (Å²) in [7, 11) is 0. The third kappa shape index (κ3) is 4.71. The van der Waals surface area contributed by atoms with E-state index in [0.29, 0.717) is 19.0 Å². The van der Waals surface area contributed by atoms with Gasteiger partial charge in [0.15, 0.2) is 0 Å². The van der Waals surface area contributed by atoms with E-state index < -0.39 is 5.41 Å². The quantitative estimate of drug-likeness (QED) is 0.898. The second-order valence-electron chi connectivity index (χ2n) is 7.18. The second kappa shape index (κ2) is 7.02. The Bertz CT molecular complexity index is 553. The molecule has 5 heteroatoms. The van der Waals surface area contributed by atoms with Gasteiger partial charge >= 0.3 is 0 Å². The van der Waals surface area contributed by atoms with Gasteiger partial charge in [0.1, 0.15) is 5.75 Å². The van der Waals surface area contributed by atoms with Crippen molar-refractivity contribution in [3.8, 4) is 5.75 Å². The highest BCUT2D eigenvalue weighted by Gasteiger charge is 2.26. The SMILES string of the molecule is CC(C)(C)C(=O)NCC(=O)N1CCC(c2ccc(O)cc2)CC1. The molecule has 1 saturated heterocycles. The van der Waals surface area contributed by atoms with Crippen LogP contribution in [0, 0.1) is 5.41 Å². The molecule has 0 aliphatic carbocycles. The molecule has 0 aromatic heterocycles. The van der Waals surface area contributed by atoms with Gasteiger partial charge in [-0.1, -0.05) is 32.9 Å². The molecule has 2 N–H and O–H groups in total. The molecule has 1 aliphatic rings. The summed E-state index contributed by atoms with van der Waals surface area (Å²) in [5.41, 5.74) is 0.725. The van der Waals surface area contributed by atoms with Crippen molar-refractivity contribution in [3.05, 3.63) is 29.8 Å². The number of rotatable bonds is 3. The van der Waals surface area contributed by atoms with E-state index in [9.17, 15) is 14.7 Å². The van der Waals surface area contributed by atoms with E-state index in [-0.39, 0.29) is 24.1 Å². The zero-order valence-electron chi connectivity index (χ0n) is 14.1. The predicted molar refractivity (Wildman–Crippen MR) is 89.1 cm³/mol. The van der Waals surface area contributed by atoms with Crippen LogP contribution in [0.25, 0.3) is 0 Å². The fraction of sp³-hybridized carbons (Fsp3) is 0.556. The molecule has 1 heterocycles. The lowest BCUT2D eigenvalue weighted by atomic mass is 9.89. The number of likely N-dealkylation sites (tertiary alicyclic amines) is 1. The van der Waals surface area contributed by atoms with Crippen molar-refractivity contribution < 1.29 is 14.7 Å². The lowest BCUT2D eigenvalue weighted by Crippen LogP contribution is -2.45. The van der Waals surface area contributed by atoms with E-state index in [1.54, 1.807) is 12.1 Å². The van der Waals surface area contributed by atoms with Crippen molar-refractivity contribution in [2.75, 3.05) is 19.6 Å². The molecule has 23 heavy (non-hydrogen) atoms. The smallest absolute Gasteiger partial charge is 0.241 e. The highest BCUT2D eigenvalue weighted by Crippen LogP contribution is 2.29. The van der Waals surface area contributed by atoms with Crippen molar-refractivity contribution in [3.63, 3.8) is 0 Å². The minimum atomic E-state index is -0.480. The molecule has 5 nitrogen and oxygen atoms in total. The first-order valence-corrected chi connectivity index (χ1v) is 8.12. The standard InChI is InChI=1S/C18H26N2O3/c1-18(2,3)17(23)19-12-16(22)20-10-8-14(9-11-20)13-4-6-15(21)7-5-13/h4-7,14,21H,8-12H2,1-3H3,(H,19,23). The van der Waals surface area contributed by atoms with Crippen LogP contribution in [-0.2, 0) is 9.59 Å². The lowest BCUT2D eigenvalue weighted by molar-refractivity contribution is -0.135. The van der Waals surface area contributed by atoms with Crippen molar-refractivity contribution in [1.29, 1.82) is 0 Å². The third-order valence-electron chi connectivity index (χ3n) is 4.29. The Hall–Kier alpha value is -2.04. The fourth-order valence-corrected chi connectivity index (χ4v) is 2.74. The van der Waals surface area contributed by atoms with Gasteiger partial charge in [0.2, 0.25) is 11.8 Å². The number of hydrogen-bond donors (Lipinski definition) is 2. The van der Waals surface area contributed by atoms with E-state index in [4.69, 9.17) is 0 Å². The molecule has 0 saturated carbocycles. The number of amides is 2. The topological polar surface area (TPSA) is 69.6 Å². The van der Waals surface area contributed by atoms with Gasteiger partial charge < -0.3 is 15.3 Å². The first kappa shape index (κ1) is 17.3.